The Labute approximate surface area is 139 Å². The van der Waals surface area contributed by atoms with E-state index in [9.17, 15) is 20.3 Å². The maximum atomic E-state index is 10.4. The molecule has 0 fully saturated rings. The molecule has 2 rings (SSSR count). The number of hydrogen-bond acceptors (Lipinski definition) is 6. The Morgan fingerprint density at radius 3 is 2.54 bits per heavy atom. The van der Waals surface area contributed by atoms with E-state index in [4.69, 9.17) is 0 Å². The van der Waals surface area contributed by atoms with Crippen molar-refractivity contribution in [2.45, 2.75) is 26.2 Å². The average molecular weight is 332 g/mol. The Morgan fingerprint density at radius 2 is 1.88 bits per heavy atom. The van der Waals surface area contributed by atoms with Gasteiger partial charge >= 0.3 is 5.09 Å². The van der Waals surface area contributed by atoms with Crippen LogP contribution in [0.4, 0.5) is 0 Å². The van der Waals surface area contributed by atoms with Gasteiger partial charge in [-0.05, 0) is 26.2 Å². The third-order valence-corrected chi connectivity index (χ3v) is 3.77. The zero-order chi connectivity index (χ0) is 17.5. The third kappa shape index (κ3) is 4.14. The number of phenols is 2. The number of nitrogens with one attached hydrogen (secondary N) is 1. The molecular formula is C17H20N2O5. The van der Waals surface area contributed by atoms with Gasteiger partial charge in [0.1, 0.15) is 11.5 Å². The number of unbranched alkanes of at least 4 members (excludes halogenated alkanes) is 2. The van der Waals surface area contributed by atoms with Gasteiger partial charge in [-0.15, -0.1) is 10.1 Å². The lowest BCUT2D eigenvalue weighted by atomic mass is 9.98. The third-order valence-electron chi connectivity index (χ3n) is 3.77. The first-order chi connectivity index (χ1) is 11.5. The lowest BCUT2D eigenvalue weighted by Gasteiger charge is -2.11. The molecule has 0 aliphatic heterocycles. The summed E-state index contributed by atoms with van der Waals surface area (Å²) < 4.78 is 0. The van der Waals surface area contributed by atoms with Crippen LogP contribution in [0.15, 0.2) is 30.3 Å². The Kier molecular flexibility index (Phi) is 5.97. The van der Waals surface area contributed by atoms with E-state index in [0.717, 1.165) is 12.8 Å². The van der Waals surface area contributed by atoms with Crippen LogP contribution < -0.4 is 5.48 Å². The van der Waals surface area contributed by atoms with Crippen molar-refractivity contribution in [1.82, 2.24) is 5.48 Å². The van der Waals surface area contributed by atoms with Gasteiger partial charge in [0.15, 0.2) is 0 Å². The molecular weight excluding hydrogens is 312 g/mol. The molecule has 0 spiro atoms. The molecule has 0 aromatic heterocycles. The molecule has 128 valence electrons. The van der Waals surface area contributed by atoms with Gasteiger partial charge < -0.3 is 10.2 Å². The van der Waals surface area contributed by atoms with Gasteiger partial charge in [0, 0.05) is 28.4 Å². The van der Waals surface area contributed by atoms with E-state index in [1.807, 2.05) is 18.2 Å². The summed E-state index contributed by atoms with van der Waals surface area (Å²) in [6, 6.07) is 7.16. The van der Waals surface area contributed by atoms with Gasteiger partial charge in [-0.3, -0.25) is 0 Å². The minimum atomic E-state index is -0.891. The highest BCUT2D eigenvalue weighted by Crippen LogP contribution is 2.39. The fourth-order valence-electron chi connectivity index (χ4n) is 2.51. The van der Waals surface area contributed by atoms with Crippen molar-refractivity contribution in [3.05, 3.63) is 51.6 Å². The van der Waals surface area contributed by atoms with Crippen LogP contribution in [0.3, 0.4) is 0 Å². The maximum Gasteiger partial charge on any atom is 0.311 e. The SMILES string of the molecule is Cc1c(C=CCCCCNO[N+](=O)[O-])c(O)c2ccccc2c1O. The second-order valence-corrected chi connectivity index (χ2v) is 5.39. The summed E-state index contributed by atoms with van der Waals surface area (Å²) in [6.07, 6.45) is 5.96. The van der Waals surface area contributed by atoms with Crippen molar-refractivity contribution >= 4 is 16.8 Å². The molecule has 2 aromatic carbocycles. The van der Waals surface area contributed by atoms with Crippen molar-refractivity contribution in [2.24, 2.45) is 0 Å². The number of benzene rings is 2. The van der Waals surface area contributed by atoms with Crippen LogP contribution in [-0.4, -0.2) is 21.8 Å². The summed E-state index contributed by atoms with van der Waals surface area (Å²) in [5.74, 6) is 0.322. The number of phenolic OH excluding ortho intramolecular Hbond substituents is 2. The molecule has 0 aliphatic rings. The number of aromatic hydroxyl groups is 2. The normalized spacial score (nSPS) is 11.2. The van der Waals surface area contributed by atoms with Crippen molar-refractivity contribution in [2.75, 3.05) is 6.54 Å². The molecule has 3 N–H and O–H groups in total. The predicted molar refractivity (Wildman–Crippen MR) is 91.0 cm³/mol. The molecule has 0 radical (unpaired) electrons. The van der Waals surface area contributed by atoms with Crippen LogP contribution in [0, 0.1) is 17.0 Å². The fraction of sp³-hybridized carbons (Fsp3) is 0.294. The number of nitrogens with zero attached hydrogens (tertiary/aromatic N) is 1. The van der Waals surface area contributed by atoms with Crippen LogP contribution in [0.25, 0.3) is 16.8 Å². The quantitative estimate of drug-likeness (QED) is 0.296. The first kappa shape index (κ1) is 17.6. The fourth-order valence-corrected chi connectivity index (χ4v) is 2.51. The van der Waals surface area contributed by atoms with Crippen LogP contribution >= 0.6 is 0 Å². The van der Waals surface area contributed by atoms with Crippen molar-refractivity contribution < 1.29 is 20.2 Å². The predicted octanol–water partition coefficient (Wildman–Crippen LogP) is 3.46. The maximum absolute atomic E-state index is 10.4. The van der Waals surface area contributed by atoms with E-state index < -0.39 is 5.09 Å². The highest BCUT2D eigenvalue weighted by atomic mass is 17.0. The second kappa shape index (κ2) is 8.16. The van der Waals surface area contributed by atoms with Gasteiger partial charge in [-0.2, -0.15) is 5.48 Å². The Bertz CT molecular complexity index is 758. The molecule has 0 saturated heterocycles. The lowest BCUT2D eigenvalue weighted by Crippen LogP contribution is -2.19. The minimum Gasteiger partial charge on any atom is -0.507 e. The zero-order valence-electron chi connectivity index (χ0n) is 13.4. The number of hydroxylamine groups is 1. The van der Waals surface area contributed by atoms with Crippen LogP contribution in [0.2, 0.25) is 0 Å². The van der Waals surface area contributed by atoms with Gasteiger partial charge in [0.2, 0.25) is 0 Å². The van der Waals surface area contributed by atoms with Crippen molar-refractivity contribution in [1.29, 1.82) is 0 Å². The monoisotopic (exact) mass is 332 g/mol. The topological polar surface area (TPSA) is 105 Å². The van der Waals surface area contributed by atoms with Crippen molar-refractivity contribution in [3.8, 4) is 11.5 Å². The smallest absolute Gasteiger partial charge is 0.311 e. The molecule has 0 atom stereocenters. The number of hydrogen-bond donors (Lipinski definition) is 3. The van der Waals surface area contributed by atoms with E-state index in [2.05, 4.69) is 10.4 Å². The minimum absolute atomic E-state index is 0.151. The molecule has 0 amide bonds. The number of rotatable bonds is 8. The highest BCUT2D eigenvalue weighted by molar-refractivity contribution is 5.97. The molecule has 0 bridgehead atoms. The summed E-state index contributed by atoms with van der Waals surface area (Å²) >= 11 is 0. The van der Waals surface area contributed by atoms with E-state index >= 15 is 0 Å². The van der Waals surface area contributed by atoms with Crippen LogP contribution in [-0.2, 0) is 4.94 Å². The van der Waals surface area contributed by atoms with E-state index in [1.165, 1.54) is 0 Å². The van der Waals surface area contributed by atoms with Crippen LogP contribution in [0.5, 0.6) is 11.5 Å². The van der Waals surface area contributed by atoms with Gasteiger partial charge in [0.05, 0.1) is 0 Å². The van der Waals surface area contributed by atoms with Gasteiger partial charge in [0.25, 0.3) is 0 Å². The van der Waals surface area contributed by atoms with E-state index in [0.29, 0.717) is 34.9 Å². The zero-order valence-corrected chi connectivity index (χ0v) is 13.4. The number of fused-ring (bicyclic) bond motifs is 1. The molecule has 7 heteroatoms. The van der Waals surface area contributed by atoms with Crippen molar-refractivity contribution in [3.63, 3.8) is 0 Å². The van der Waals surface area contributed by atoms with Gasteiger partial charge in [-0.25, -0.2) is 4.94 Å². The largest absolute Gasteiger partial charge is 0.507 e. The van der Waals surface area contributed by atoms with E-state index in [1.54, 1.807) is 25.1 Å². The Hall–Kier alpha value is -2.80. The average Bonchev–Trinajstić information content (AvgIpc) is 2.57. The summed E-state index contributed by atoms with van der Waals surface area (Å²) in [5, 5.41) is 31.0. The second-order valence-electron chi connectivity index (χ2n) is 5.39. The molecule has 24 heavy (non-hydrogen) atoms. The van der Waals surface area contributed by atoms with E-state index in [-0.39, 0.29) is 11.5 Å². The molecule has 0 aliphatic carbocycles. The first-order valence-corrected chi connectivity index (χ1v) is 7.66. The lowest BCUT2D eigenvalue weighted by molar-refractivity contribution is -0.776. The highest BCUT2D eigenvalue weighted by Gasteiger charge is 2.13. The molecule has 2 aromatic rings. The summed E-state index contributed by atoms with van der Waals surface area (Å²) in [6.45, 7) is 2.15. The summed E-state index contributed by atoms with van der Waals surface area (Å²) in [4.78, 5) is 13.9. The number of allylic oxidation sites excluding steroid dienone is 1. The Balaban J connectivity index is 1.98. The Morgan fingerprint density at radius 1 is 1.21 bits per heavy atom. The standard InChI is InChI=1S/C17H20N2O5/c1-12-13(8-4-2-3-7-11-18-24-19(22)23)17(21)15-10-6-5-9-14(15)16(12)20/h4-6,8-10,18,20-21H,2-3,7,11H2,1H3. The molecule has 0 heterocycles. The van der Waals surface area contributed by atoms with Gasteiger partial charge in [-0.1, -0.05) is 36.4 Å². The molecule has 0 unspecified atom stereocenters. The molecule has 7 nitrogen and oxygen atoms in total. The summed E-state index contributed by atoms with van der Waals surface area (Å²) in [7, 11) is 0. The first-order valence-electron chi connectivity index (χ1n) is 7.66. The van der Waals surface area contributed by atoms with Crippen LogP contribution in [0.1, 0.15) is 30.4 Å². The summed E-state index contributed by atoms with van der Waals surface area (Å²) in [5.41, 5.74) is 3.47. The molecule has 0 saturated carbocycles.